The number of rotatable bonds is 6. The predicted octanol–water partition coefficient (Wildman–Crippen LogP) is 3.17. The van der Waals surface area contributed by atoms with Crippen LogP contribution in [-0.2, 0) is 11.2 Å². The van der Waals surface area contributed by atoms with Crippen molar-refractivity contribution in [2.45, 2.75) is 50.7 Å². The minimum absolute atomic E-state index is 0.0950. The molecule has 22 heavy (non-hydrogen) atoms. The van der Waals surface area contributed by atoms with Gasteiger partial charge in [-0.25, -0.2) is 0 Å². The van der Waals surface area contributed by atoms with Gasteiger partial charge in [0.1, 0.15) is 11.3 Å². The number of aryl methyl sites for hydroxylation is 1. The molecule has 0 spiro atoms. The summed E-state index contributed by atoms with van der Waals surface area (Å²) in [5.41, 5.74) is 0.153. The highest BCUT2D eigenvalue weighted by Crippen LogP contribution is 2.29. The molecule has 118 valence electrons. The molecule has 0 saturated heterocycles. The third kappa shape index (κ3) is 4.42. The third-order valence-corrected chi connectivity index (χ3v) is 3.84. The van der Waals surface area contributed by atoms with Gasteiger partial charge in [0.2, 0.25) is 5.91 Å². The van der Waals surface area contributed by atoms with Crippen molar-refractivity contribution in [3.8, 4) is 11.8 Å². The molecule has 0 unspecified atom stereocenters. The van der Waals surface area contributed by atoms with Gasteiger partial charge >= 0.3 is 6.61 Å². The summed E-state index contributed by atoms with van der Waals surface area (Å²) in [5, 5.41) is 12.0. The molecule has 0 atom stereocenters. The zero-order valence-corrected chi connectivity index (χ0v) is 12.1. The number of carbonyl (C=O) groups excluding carboxylic acids is 1. The van der Waals surface area contributed by atoms with Gasteiger partial charge in [0.05, 0.1) is 6.07 Å². The summed E-state index contributed by atoms with van der Waals surface area (Å²) in [6.07, 6.45) is 4.07. The van der Waals surface area contributed by atoms with E-state index in [1.54, 1.807) is 12.1 Å². The lowest BCUT2D eigenvalue weighted by molar-refractivity contribution is -0.122. The number of benzene rings is 1. The summed E-state index contributed by atoms with van der Waals surface area (Å²) < 4.78 is 28.3. The van der Waals surface area contributed by atoms with Crippen LogP contribution < -0.4 is 10.1 Å². The van der Waals surface area contributed by atoms with Crippen molar-refractivity contribution in [2.24, 2.45) is 0 Å². The molecule has 1 aromatic rings. The molecule has 2 rings (SSSR count). The van der Waals surface area contributed by atoms with E-state index >= 15 is 0 Å². The van der Waals surface area contributed by atoms with E-state index in [2.05, 4.69) is 16.1 Å². The smallest absolute Gasteiger partial charge is 0.387 e. The van der Waals surface area contributed by atoms with Gasteiger partial charge in [-0.15, -0.1) is 0 Å². The molecule has 1 amide bonds. The molecule has 0 radical (unpaired) electrons. The van der Waals surface area contributed by atoms with Crippen molar-refractivity contribution in [1.82, 2.24) is 5.32 Å². The molecule has 1 aromatic carbocycles. The van der Waals surface area contributed by atoms with E-state index in [0.29, 0.717) is 19.3 Å². The molecule has 0 heterocycles. The maximum atomic E-state index is 12.0. The number of carbonyl (C=O) groups is 1. The molecular weight excluding hydrogens is 290 g/mol. The predicted molar refractivity (Wildman–Crippen MR) is 76.3 cm³/mol. The lowest BCUT2D eigenvalue weighted by atomic mass is 9.99. The van der Waals surface area contributed by atoms with E-state index < -0.39 is 12.2 Å². The van der Waals surface area contributed by atoms with Crippen LogP contribution in [0.2, 0.25) is 0 Å². The Morgan fingerprint density at radius 3 is 2.50 bits per heavy atom. The first-order valence-corrected chi connectivity index (χ1v) is 7.29. The SMILES string of the molecule is N#CC1(NC(=O)CCc2ccc(OC(F)F)cc2)CCCC1. The highest BCUT2D eigenvalue weighted by molar-refractivity contribution is 5.77. The van der Waals surface area contributed by atoms with Crippen molar-refractivity contribution in [1.29, 1.82) is 5.26 Å². The minimum Gasteiger partial charge on any atom is -0.435 e. The highest BCUT2D eigenvalue weighted by atomic mass is 19.3. The Kier molecular flexibility index (Phi) is 5.31. The molecule has 0 aliphatic heterocycles. The highest BCUT2D eigenvalue weighted by Gasteiger charge is 2.35. The molecule has 1 fully saturated rings. The average molecular weight is 308 g/mol. The maximum absolute atomic E-state index is 12.0. The number of hydrogen-bond acceptors (Lipinski definition) is 3. The van der Waals surface area contributed by atoms with Crippen molar-refractivity contribution in [2.75, 3.05) is 0 Å². The normalized spacial score (nSPS) is 16.3. The monoisotopic (exact) mass is 308 g/mol. The maximum Gasteiger partial charge on any atom is 0.387 e. The lowest BCUT2D eigenvalue weighted by Gasteiger charge is -2.21. The van der Waals surface area contributed by atoms with Gasteiger partial charge in [-0.1, -0.05) is 12.1 Å². The second-order valence-corrected chi connectivity index (χ2v) is 5.47. The molecule has 1 N–H and O–H groups in total. The number of nitrogens with one attached hydrogen (secondary N) is 1. The fourth-order valence-electron chi connectivity index (χ4n) is 2.67. The number of nitriles is 1. The Balaban J connectivity index is 1.82. The molecule has 1 saturated carbocycles. The zero-order valence-electron chi connectivity index (χ0n) is 12.1. The van der Waals surface area contributed by atoms with Crippen LogP contribution in [0.4, 0.5) is 8.78 Å². The first kappa shape index (κ1) is 16.2. The van der Waals surface area contributed by atoms with Crippen molar-refractivity contribution >= 4 is 5.91 Å². The standard InChI is InChI=1S/C16H18F2N2O2/c17-15(18)22-13-6-3-12(4-7-13)5-8-14(21)20-16(11-19)9-1-2-10-16/h3-4,6-7,15H,1-2,5,8-10H2,(H,20,21). The largest absolute Gasteiger partial charge is 0.435 e. The van der Waals surface area contributed by atoms with Crippen LogP contribution in [0.1, 0.15) is 37.7 Å². The van der Waals surface area contributed by atoms with Crippen molar-refractivity contribution in [3.63, 3.8) is 0 Å². The summed E-state index contributed by atoms with van der Waals surface area (Å²) in [4.78, 5) is 12.0. The quantitative estimate of drug-likeness (QED) is 0.878. The number of nitrogens with zero attached hydrogens (tertiary/aromatic N) is 1. The number of halogens is 2. The van der Waals surface area contributed by atoms with Crippen LogP contribution in [0, 0.1) is 11.3 Å². The first-order chi connectivity index (χ1) is 10.5. The zero-order chi connectivity index (χ0) is 16.0. The Bertz CT molecular complexity index is 546. The number of ether oxygens (including phenoxy) is 1. The Hall–Kier alpha value is -2.16. The fourth-order valence-corrected chi connectivity index (χ4v) is 2.67. The van der Waals surface area contributed by atoms with E-state index in [1.165, 1.54) is 12.1 Å². The Morgan fingerprint density at radius 2 is 1.95 bits per heavy atom. The number of amides is 1. The topological polar surface area (TPSA) is 62.1 Å². The van der Waals surface area contributed by atoms with Crippen LogP contribution >= 0.6 is 0 Å². The van der Waals surface area contributed by atoms with Gasteiger partial charge in [0.15, 0.2) is 0 Å². The summed E-state index contributed by atoms with van der Waals surface area (Å²) in [7, 11) is 0. The van der Waals surface area contributed by atoms with E-state index in [-0.39, 0.29) is 18.1 Å². The molecular formula is C16H18F2N2O2. The van der Waals surface area contributed by atoms with Gasteiger partial charge in [0.25, 0.3) is 0 Å². The molecule has 4 nitrogen and oxygen atoms in total. The second-order valence-electron chi connectivity index (χ2n) is 5.47. The van der Waals surface area contributed by atoms with Crippen molar-refractivity contribution in [3.05, 3.63) is 29.8 Å². The Labute approximate surface area is 128 Å². The van der Waals surface area contributed by atoms with Gasteiger partial charge in [0, 0.05) is 6.42 Å². The number of alkyl halides is 2. The van der Waals surface area contributed by atoms with Crippen molar-refractivity contribution < 1.29 is 18.3 Å². The van der Waals surface area contributed by atoms with Gasteiger partial charge in [-0.3, -0.25) is 4.79 Å². The van der Waals surface area contributed by atoms with Crippen LogP contribution in [0.15, 0.2) is 24.3 Å². The lowest BCUT2D eigenvalue weighted by Crippen LogP contribution is -2.45. The number of hydrogen-bond donors (Lipinski definition) is 1. The first-order valence-electron chi connectivity index (χ1n) is 7.29. The van der Waals surface area contributed by atoms with Crippen LogP contribution in [0.25, 0.3) is 0 Å². The summed E-state index contributed by atoms with van der Waals surface area (Å²) in [5.74, 6) is -0.0612. The van der Waals surface area contributed by atoms with E-state index in [1.807, 2.05) is 0 Å². The molecule has 6 heteroatoms. The summed E-state index contributed by atoms with van der Waals surface area (Å²) in [6.45, 7) is -2.84. The van der Waals surface area contributed by atoms with Gasteiger partial charge in [-0.05, 0) is 49.8 Å². The van der Waals surface area contributed by atoms with Gasteiger partial charge in [-0.2, -0.15) is 14.0 Å². The van der Waals surface area contributed by atoms with Crippen LogP contribution in [-0.4, -0.2) is 18.1 Å². The summed E-state index contributed by atoms with van der Waals surface area (Å²) >= 11 is 0. The molecule has 0 aromatic heterocycles. The summed E-state index contributed by atoms with van der Waals surface area (Å²) in [6, 6.07) is 8.42. The molecule has 1 aliphatic rings. The minimum atomic E-state index is -2.84. The van der Waals surface area contributed by atoms with E-state index in [0.717, 1.165) is 18.4 Å². The van der Waals surface area contributed by atoms with E-state index in [4.69, 9.17) is 0 Å². The average Bonchev–Trinajstić information content (AvgIpc) is 2.95. The third-order valence-electron chi connectivity index (χ3n) is 3.84. The molecule has 1 aliphatic carbocycles. The Morgan fingerprint density at radius 1 is 1.32 bits per heavy atom. The second kappa shape index (κ2) is 7.21. The van der Waals surface area contributed by atoms with E-state index in [9.17, 15) is 18.8 Å². The molecule has 0 bridgehead atoms. The van der Waals surface area contributed by atoms with Crippen LogP contribution in [0.3, 0.4) is 0 Å². The van der Waals surface area contributed by atoms with Gasteiger partial charge < -0.3 is 10.1 Å². The van der Waals surface area contributed by atoms with Crippen LogP contribution in [0.5, 0.6) is 5.75 Å². The fraction of sp³-hybridized carbons (Fsp3) is 0.500.